The predicted octanol–water partition coefficient (Wildman–Crippen LogP) is 5.45. The van der Waals surface area contributed by atoms with Crippen molar-refractivity contribution < 1.29 is 0 Å². The Hall–Kier alpha value is -4.59. The monoisotopic (exact) mass is 446 g/mol. The van der Waals surface area contributed by atoms with Crippen LogP contribution in [-0.4, -0.2) is 41.2 Å². The second-order valence-electron chi connectivity index (χ2n) is 8.49. The molecule has 0 amide bonds. The Balaban J connectivity index is 1.45. The Morgan fingerprint density at radius 2 is 1.62 bits per heavy atom. The standard InChI is InChI=1S/C26H22N8/c1-15(2)31-19-9-17(12-28-14-19)18-10-21-25(33-34-26(21)30-13-18)23-11-20-22(32-23)5-8-29-24(20)16-3-6-27-7-4-16/h3-15,31-32H,1-2H3,(H,30,33,34). The lowest BCUT2D eigenvalue weighted by molar-refractivity contribution is 0.898. The Labute approximate surface area is 195 Å². The van der Waals surface area contributed by atoms with E-state index in [0.717, 1.165) is 61.4 Å². The van der Waals surface area contributed by atoms with Crippen molar-refractivity contribution in [3.05, 3.63) is 73.6 Å². The minimum Gasteiger partial charge on any atom is -0.382 e. The van der Waals surface area contributed by atoms with Crippen molar-refractivity contribution in [1.29, 1.82) is 0 Å². The summed E-state index contributed by atoms with van der Waals surface area (Å²) in [5.74, 6) is 0. The molecule has 0 aromatic carbocycles. The molecule has 0 unspecified atom stereocenters. The SMILES string of the molecule is CC(C)Nc1cncc(-c2cnc3[nH]nc(-c4cc5c(-c6ccncc6)nccc5[nH]4)c3c2)c1. The molecule has 0 aliphatic carbocycles. The number of rotatable bonds is 5. The summed E-state index contributed by atoms with van der Waals surface area (Å²) in [6.45, 7) is 4.21. The second-order valence-corrected chi connectivity index (χ2v) is 8.49. The zero-order chi connectivity index (χ0) is 23.1. The summed E-state index contributed by atoms with van der Waals surface area (Å²) < 4.78 is 0. The van der Waals surface area contributed by atoms with Crippen LogP contribution in [0.1, 0.15) is 13.8 Å². The molecule has 0 bridgehead atoms. The maximum atomic E-state index is 4.62. The van der Waals surface area contributed by atoms with Crippen LogP contribution in [0.3, 0.4) is 0 Å². The molecule has 6 rings (SSSR count). The first kappa shape index (κ1) is 20.0. The maximum Gasteiger partial charge on any atom is 0.155 e. The molecule has 6 heterocycles. The predicted molar refractivity (Wildman–Crippen MR) is 134 cm³/mol. The summed E-state index contributed by atoms with van der Waals surface area (Å²) in [6, 6.07) is 12.5. The van der Waals surface area contributed by atoms with Crippen LogP contribution in [0.15, 0.2) is 73.6 Å². The van der Waals surface area contributed by atoms with Crippen LogP contribution >= 0.6 is 0 Å². The zero-order valence-electron chi connectivity index (χ0n) is 18.7. The van der Waals surface area contributed by atoms with Gasteiger partial charge in [-0.3, -0.25) is 20.1 Å². The van der Waals surface area contributed by atoms with Crippen molar-refractivity contribution in [2.75, 3.05) is 5.32 Å². The molecule has 0 aliphatic heterocycles. The molecule has 166 valence electrons. The number of nitrogens with zero attached hydrogens (tertiary/aromatic N) is 5. The number of anilines is 1. The number of fused-ring (bicyclic) bond motifs is 2. The van der Waals surface area contributed by atoms with Gasteiger partial charge in [0, 0.05) is 76.2 Å². The molecule has 0 spiro atoms. The lowest BCUT2D eigenvalue weighted by Crippen LogP contribution is -2.09. The number of pyridine rings is 4. The van der Waals surface area contributed by atoms with Gasteiger partial charge in [0.05, 0.1) is 17.1 Å². The third-order valence-corrected chi connectivity index (χ3v) is 5.70. The van der Waals surface area contributed by atoms with Gasteiger partial charge in [-0.2, -0.15) is 5.10 Å². The first-order valence-corrected chi connectivity index (χ1v) is 11.1. The first-order chi connectivity index (χ1) is 16.7. The van der Waals surface area contributed by atoms with Crippen molar-refractivity contribution in [2.24, 2.45) is 0 Å². The van der Waals surface area contributed by atoms with Crippen LogP contribution in [0.2, 0.25) is 0 Å². The Morgan fingerprint density at radius 1 is 0.765 bits per heavy atom. The highest BCUT2D eigenvalue weighted by Gasteiger charge is 2.15. The van der Waals surface area contributed by atoms with Gasteiger partial charge in [0.25, 0.3) is 0 Å². The molecule has 0 saturated carbocycles. The average Bonchev–Trinajstić information content (AvgIpc) is 3.48. The number of nitrogens with one attached hydrogen (secondary N) is 3. The molecular formula is C26H22N8. The Kier molecular flexibility index (Phi) is 4.76. The molecule has 8 heteroatoms. The maximum absolute atomic E-state index is 4.62. The third-order valence-electron chi connectivity index (χ3n) is 5.70. The van der Waals surface area contributed by atoms with E-state index in [1.165, 1.54) is 0 Å². The highest BCUT2D eigenvalue weighted by atomic mass is 15.2. The van der Waals surface area contributed by atoms with Gasteiger partial charge in [-0.25, -0.2) is 4.98 Å². The summed E-state index contributed by atoms with van der Waals surface area (Å²) in [4.78, 5) is 21.2. The zero-order valence-corrected chi connectivity index (χ0v) is 18.7. The number of hydrogen-bond acceptors (Lipinski definition) is 6. The molecule has 0 aliphatic rings. The lowest BCUT2D eigenvalue weighted by atomic mass is 10.1. The molecule has 0 atom stereocenters. The highest BCUT2D eigenvalue weighted by molar-refractivity contribution is 5.99. The Bertz CT molecular complexity index is 1610. The van der Waals surface area contributed by atoms with E-state index in [0.29, 0.717) is 6.04 Å². The first-order valence-electron chi connectivity index (χ1n) is 11.1. The van der Waals surface area contributed by atoms with Crippen LogP contribution in [0.5, 0.6) is 0 Å². The van der Waals surface area contributed by atoms with E-state index < -0.39 is 0 Å². The van der Waals surface area contributed by atoms with Gasteiger partial charge in [-0.15, -0.1) is 0 Å². The molecule has 3 N–H and O–H groups in total. The summed E-state index contributed by atoms with van der Waals surface area (Å²) in [5, 5.41) is 13.0. The summed E-state index contributed by atoms with van der Waals surface area (Å²) in [5.41, 5.74) is 8.31. The van der Waals surface area contributed by atoms with Gasteiger partial charge in [-0.1, -0.05) is 0 Å². The van der Waals surface area contributed by atoms with E-state index in [4.69, 9.17) is 0 Å². The fraction of sp³-hybridized carbons (Fsp3) is 0.115. The minimum absolute atomic E-state index is 0.326. The van der Waals surface area contributed by atoms with E-state index in [-0.39, 0.29) is 0 Å². The molecule has 0 radical (unpaired) electrons. The Morgan fingerprint density at radius 3 is 2.47 bits per heavy atom. The molecular weight excluding hydrogens is 424 g/mol. The van der Waals surface area contributed by atoms with Gasteiger partial charge in [0.2, 0.25) is 0 Å². The van der Waals surface area contributed by atoms with Crippen molar-refractivity contribution >= 4 is 27.6 Å². The molecule has 0 fully saturated rings. The van der Waals surface area contributed by atoms with Crippen molar-refractivity contribution in [3.8, 4) is 33.8 Å². The smallest absolute Gasteiger partial charge is 0.155 e. The van der Waals surface area contributed by atoms with Gasteiger partial charge < -0.3 is 10.3 Å². The van der Waals surface area contributed by atoms with E-state index in [2.05, 4.69) is 72.5 Å². The normalized spacial score (nSPS) is 11.5. The summed E-state index contributed by atoms with van der Waals surface area (Å²) in [7, 11) is 0. The van der Waals surface area contributed by atoms with Crippen molar-refractivity contribution in [1.82, 2.24) is 35.1 Å². The van der Waals surface area contributed by atoms with E-state index >= 15 is 0 Å². The van der Waals surface area contributed by atoms with Crippen LogP contribution in [0.25, 0.3) is 55.7 Å². The fourth-order valence-electron chi connectivity index (χ4n) is 4.20. The van der Waals surface area contributed by atoms with E-state index in [1.807, 2.05) is 43.0 Å². The quantitative estimate of drug-likeness (QED) is 0.325. The molecule has 8 nitrogen and oxygen atoms in total. The molecule has 6 aromatic heterocycles. The molecule has 6 aromatic rings. The highest BCUT2D eigenvalue weighted by Crippen LogP contribution is 2.33. The lowest BCUT2D eigenvalue weighted by Gasteiger charge is -2.10. The number of hydrogen-bond donors (Lipinski definition) is 3. The third kappa shape index (κ3) is 3.55. The number of H-pyrrole nitrogens is 2. The van der Waals surface area contributed by atoms with E-state index in [1.54, 1.807) is 12.4 Å². The van der Waals surface area contributed by atoms with Crippen molar-refractivity contribution in [2.45, 2.75) is 19.9 Å². The summed E-state index contributed by atoms with van der Waals surface area (Å²) >= 11 is 0. The topological polar surface area (TPSA) is 108 Å². The van der Waals surface area contributed by atoms with Gasteiger partial charge in [0.15, 0.2) is 5.65 Å². The minimum atomic E-state index is 0.326. The fourth-order valence-corrected chi connectivity index (χ4v) is 4.20. The van der Waals surface area contributed by atoms with Crippen LogP contribution in [0.4, 0.5) is 5.69 Å². The largest absolute Gasteiger partial charge is 0.382 e. The average molecular weight is 447 g/mol. The van der Waals surface area contributed by atoms with Gasteiger partial charge in [0.1, 0.15) is 5.69 Å². The van der Waals surface area contributed by atoms with Crippen LogP contribution in [0, 0.1) is 0 Å². The molecule has 34 heavy (non-hydrogen) atoms. The second kappa shape index (κ2) is 8.08. The summed E-state index contributed by atoms with van der Waals surface area (Å²) in [6.07, 6.45) is 10.9. The van der Waals surface area contributed by atoms with E-state index in [9.17, 15) is 0 Å². The van der Waals surface area contributed by atoms with Crippen LogP contribution < -0.4 is 5.32 Å². The van der Waals surface area contributed by atoms with Crippen molar-refractivity contribution in [3.63, 3.8) is 0 Å². The number of aromatic nitrogens is 7. The number of aromatic amines is 2. The van der Waals surface area contributed by atoms with Gasteiger partial charge in [-0.05, 0) is 50.2 Å². The van der Waals surface area contributed by atoms with Crippen LogP contribution in [-0.2, 0) is 0 Å². The van der Waals surface area contributed by atoms with Gasteiger partial charge >= 0.3 is 0 Å². The molecule has 0 saturated heterocycles.